The predicted octanol–water partition coefficient (Wildman–Crippen LogP) is 2.51. The van der Waals surface area contributed by atoms with Gasteiger partial charge in [-0.15, -0.1) is 4.73 Å². The van der Waals surface area contributed by atoms with E-state index in [1.807, 2.05) is 0 Å². The third-order valence-electron chi connectivity index (χ3n) is 3.36. The SMILES string of the molecule is CC(=O)Nc1ccc2c(C(C)=O)c(O)n(OC(=O)C(C)(C)C)c2c1. The standard InChI is InChI=1S/C17H20N2O5/c1-9(20)14-12-7-6-11(18-10(2)21)8-13(12)19(15(14)22)24-16(23)17(3,4)5/h6-8,22H,1-5H3,(H,18,21). The number of benzene rings is 1. The average molecular weight is 332 g/mol. The van der Waals surface area contributed by atoms with Crippen molar-refractivity contribution in [2.45, 2.75) is 34.6 Å². The van der Waals surface area contributed by atoms with Gasteiger partial charge in [0.1, 0.15) is 0 Å². The molecule has 0 bridgehead atoms. The Morgan fingerprint density at radius 2 is 1.79 bits per heavy atom. The van der Waals surface area contributed by atoms with Gasteiger partial charge in [0.05, 0.1) is 16.5 Å². The van der Waals surface area contributed by atoms with Gasteiger partial charge in [0.2, 0.25) is 11.8 Å². The van der Waals surface area contributed by atoms with Crippen molar-refractivity contribution in [3.8, 4) is 5.88 Å². The van der Waals surface area contributed by atoms with Crippen LogP contribution in [0, 0.1) is 5.41 Å². The molecule has 0 aliphatic heterocycles. The number of aromatic nitrogens is 1. The summed E-state index contributed by atoms with van der Waals surface area (Å²) in [4.78, 5) is 40.5. The van der Waals surface area contributed by atoms with Crippen molar-refractivity contribution >= 4 is 34.3 Å². The molecule has 0 saturated carbocycles. The van der Waals surface area contributed by atoms with E-state index in [4.69, 9.17) is 4.84 Å². The number of carbonyl (C=O) groups excluding carboxylic acids is 3. The molecule has 2 rings (SSSR count). The number of rotatable bonds is 3. The first-order valence-corrected chi connectivity index (χ1v) is 7.41. The van der Waals surface area contributed by atoms with Crippen molar-refractivity contribution in [1.82, 2.24) is 4.73 Å². The van der Waals surface area contributed by atoms with Gasteiger partial charge in [-0.05, 0) is 45.9 Å². The second-order valence-electron chi connectivity index (χ2n) is 6.59. The molecule has 128 valence electrons. The molecule has 0 saturated heterocycles. The number of Topliss-reactive ketones (excluding diaryl/α,β-unsaturated/α-hetero) is 1. The Balaban J connectivity index is 2.66. The van der Waals surface area contributed by atoms with E-state index in [0.717, 1.165) is 4.73 Å². The number of hydrogen-bond acceptors (Lipinski definition) is 5. The minimum absolute atomic E-state index is 0.0566. The lowest BCUT2D eigenvalue weighted by Crippen LogP contribution is -2.31. The molecule has 1 aromatic heterocycles. The van der Waals surface area contributed by atoms with E-state index in [0.29, 0.717) is 16.6 Å². The van der Waals surface area contributed by atoms with Gasteiger partial charge in [0.15, 0.2) is 5.78 Å². The van der Waals surface area contributed by atoms with Crippen LogP contribution in [0.2, 0.25) is 0 Å². The Hall–Kier alpha value is -2.83. The second kappa shape index (κ2) is 5.99. The van der Waals surface area contributed by atoms with Crippen molar-refractivity contribution in [3.63, 3.8) is 0 Å². The fourth-order valence-electron chi connectivity index (χ4n) is 2.19. The quantitative estimate of drug-likeness (QED) is 0.842. The minimum atomic E-state index is -0.797. The summed E-state index contributed by atoms with van der Waals surface area (Å²) in [6.07, 6.45) is 0. The summed E-state index contributed by atoms with van der Waals surface area (Å²) >= 11 is 0. The van der Waals surface area contributed by atoms with E-state index >= 15 is 0 Å². The van der Waals surface area contributed by atoms with E-state index in [9.17, 15) is 19.5 Å². The number of hydrogen-bond donors (Lipinski definition) is 2. The number of amides is 1. The van der Waals surface area contributed by atoms with Crippen LogP contribution in [0.25, 0.3) is 10.9 Å². The maximum atomic E-state index is 12.2. The van der Waals surface area contributed by atoms with E-state index in [1.165, 1.54) is 19.9 Å². The Morgan fingerprint density at radius 1 is 1.17 bits per heavy atom. The number of fused-ring (bicyclic) bond motifs is 1. The number of anilines is 1. The molecular formula is C17H20N2O5. The van der Waals surface area contributed by atoms with Gasteiger partial charge in [-0.3, -0.25) is 9.59 Å². The van der Waals surface area contributed by atoms with E-state index in [1.54, 1.807) is 32.9 Å². The second-order valence-corrected chi connectivity index (χ2v) is 6.59. The summed E-state index contributed by atoms with van der Waals surface area (Å²) in [5.41, 5.74) is 0.0209. The number of nitrogens with zero attached hydrogens (tertiary/aromatic N) is 1. The fourth-order valence-corrected chi connectivity index (χ4v) is 2.19. The van der Waals surface area contributed by atoms with Gasteiger partial charge in [0.25, 0.3) is 0 Å². The molecule has 1 amide bonds. The highest BCUT2D eigenvalue weighted by atomic mass is 16.7. The Morgan fingerprint density at radius 3 is 2.29 bits per heavy atom. The van der Waals surface area contributed by atoms with Crippen LogP contribution in [0.15, 0.2) is 18.2 Å². The normalized spacial score (nSPS) is 11.4. The molecule has 1 heterocycles. The molecule has 2 N–H and O–H groups in total. The molecule has 0 aliphatic carbocycles. The fraction of sp³-hybridized carbons (Fsp3) is 0.353. The lowest BCUT2D eigenvalue weighted by atomic mass is 9.98. The first-order chi connectivity index (χ1) is 11.0. The van der Waals surface area contributed by atoms with Crippen molar-refractivity contribution in [1.29, 1.82) is 0 Å². The summed E-state index contributed by atoms with van der Waals surface area (Å²) in [6.45, 7) is 7.69. The van der Waals surface area contributed by atoms with Crippen molar-refractivity contribution in [3.05, 3.63) is 23.8 Å². The Kier molecular flexibility index (Phi) is 4.38. The van der Waals surface area contributed by atoms with E-state index < -0.39 is 17.3 Å². The van der Waals surface area contributed by atoms with Crippen molar-refractivity contribution in [2.24, 2.45) is 5.41 Å². The van der Waals surface area contributed by atoms with Gasteiger partial charge >= 0.3 is 5.97 Å². The number of nitrogens with one attached hydrogen (secondary N) is 1. The molecule has 0 aliphatic rings. The summed E-state index contributed by atoms with van der Waals surface area (Å²) < 4.78 is 0.922. The van der Waals surface area contributed by atoms with Crippen LogP contribution in [0.4, 0.5) is 5.69 Å². The van der Waals surface area contributed by atoms with Crippen LogP contribution in [0.5, 0.6) is 5.88 Å². The molecule has 2 aromatic rings. The molecule has 0 radical (unpaired) electrons. The molecule has 0 spiro atoms. The van der Waals surface area contributed by atoms with Gasteiger partial charge < -0.3 is 15.3 Å². The Bertz CT molecular complexity index is 843. The molecule has 0 unspecified atom stereocenters. The van der Waals surface area contributed by atoms with Crippen LogP contribution in [-0.4, -0.2) is 27.5 Å². The highest BCUT2D eigenvalue weighted by Crippen LogP contribution is 2.33. The van der Waals surface area contributed by atoms with Gasteiger partial charge in [-0.2, -0.15) is 0 Å². The summed E-state index contributed by atoms with van der Waals surface area (Å²) in [5.74, 6) is -1.66. The zero-order valence-electron chi connectivity index (χ0n) is 14.3. The maximum absolute atomic E-state index is 12.2. The topological polar surface area (TPSA) is 97.6 Å². The third kappa shape index (κ3) is 3.24. The molecule has 24 heavy (non-hydrogen) atoms. The van der Waals surface area contributed by atoms with E-state index in [-0.39, 0.29) is 17.3 Å². The van der Waals surface area contributed by atoms with Gasteiger partial charge in [-0.1, -0.05) is 0 Å². The molecule has 1 aromatic carbocycles. The maximum Gasteiger partial charge on any atom is 0.338 e. The average Bonchev–Trinajstić information content (AvgIpc) is 2.69. The number of carbonyl (C=O) groups is 3. The summed E-state index contributed by atoms with van der Waals surface area (Å²) in [6, 6.07) is 4.71. The van der Waals surface area contributed by atoms with Crippen LogP contribution < -0.4 is 10.2 Å². The van der Waals surface area contributed by atoms with Crippen molar-refractivity contribution < 1.29 is 24.3 Å². The lowest BCUT2D eigenvalue weighted by Gasteiger charge is -2.17. The summed E-state index contributed by atoms with van der Waals surface area (Å²) in [5, 5.41) is 13.4. The first-order valence-electron chi connectivity index (χ1n) is 7.41. The molecular weight excluding hydrogens is 312 g/mol. The lowest BCUT2D eigenvalue weighted by molar-refractivity contribution is -0.153. The highest BCUT2D eigenvalue weighted by molar-refractivity contribution is 6.10. The van der Waals surface area contributed by atoms with Gasteiger partial charge in [0, 0.05) is 18.0 Å². The highest BCUT2D eigenvalue weighted by Gasteiger charge is 2.28. The smallest absolute Gasteiger partial charge is 0.338 e. The monoisotopic (exact) mass is 332 g/mol. The zero-order chi connectivity index (χ0) is 18.2. The molecule has 7 nitrogen and oxygen atoms in total. The Labute approximate surface area is 139 Å². The van der Waals surface area contributed by atoms with Crippen molar-refractivity contribution in [2.75, 3.05) is 5.32 Å². The molecule has 0 atom stereocenters. The van der Waals surface area contributed by atoms with Crippen LogP contribution in [-0.2, 0) is 9.59 Å². The first kappa shape index (κ1) is 17.5. The molecule has 0 fully saturated rings. The number of ketones is 1. The van der Waals surface area contributed by atoms with Gasteiger partial charge in [-0.25, -0.2) is 4.79 Å². The predicted molar refractivity (Wildman–Crippen MR) is 89.0 cm³/mol. The summed E-state index contributed by atoms with van der Waals surface area (Å²) in [7, 11) is 0. The minimum Gasteiger partial charge on any atom is -0.492 e. The van der Waals surface area contributed by atoms with Crippen LogP contribution in [0.3, 0.4) is 0 Å². The van der Waals surface area contributed by atoms with E-state index in [2.05, 4.69) is 5.32 Å². The van der Waals surface area contributed by atoms with Crippen LogP contribution >= 0.6 is 0 Å². The third-order valence-corrected chi connectivity index (χ3v) is 3.36. The van der Waals surface area contributed by atoms with Crippen LogP contribution in [0.1, 0.15) is 45.0 Å². The zero-order valence-corrected chi connectivity index (χ0v) is 14.3. The number of aromatic hydroxyl groups is 1. The largest absolute Gasteiger partial charge is 0.492 e. The molecule has 7 heteroatoms.